The van der Waals surface area contributed by atoms with E-state index in [4.69, 9.17) is 9.47 Å². The predicted molar refractivity (Wildman–Crippen MR) is 127 cm³/mol. The van der Waals surface area contributed by atoms with Crippen LogP contribution in [0.2, 0.25) is 0 Å². The topological polar surface area (TPSA) is 55.8 Å². The van der Waals surface area contributed by atoms with Gasteiger partial charge in [0, 0.05) is 0 Å². The van der Waals surface area contributed by atoms with Crippen LogP contribution in [0.15, 0.2) is 12.7 Å². The first-order valence-corrected chi connectivity index (χ1v) is 13.2. The van der Waals surface area contributed by atoms with E-state index in [1.54, 1.807) is 0 Å². The molecule has 1 N–H and O–H groups in total. The minimum atomic E-state index is -0.860. The highest BCUT2D eigenvalue weighted by Crippen LogP contribution is 2.42. The molecule has 0 amide bonds. The lowest BCUT2D eigenvalue weighted by atomic mass is 9.68. The Hall–Kier alpha value is -0.870. The van der Waals surface area contributed by atoms with Crippen molar-refractivity contribution in [3.63, 3.8) is 0 Å². The van der Waals surface area contributed by atoms with Crippen LogP contribution in [0.5, 0.6) is 0 Å². The SMILES string of the molecule is C=CC(O)OCCCCCCOC(=O)C1CCC(C2CCC(CCCCC)CC2)CC1. The summed E-state index contributed by atoms with van der Waals surface area (Å²) in [6, 6.07) is 0. The van der Waals surface area contributed by atoms with Crippen LogP contribution in [0.4, 0.5) is 0 Å². The van der Waals surface area contributed by atoms with E-state index in [1.165, 1.54) is 70.3 Å². The van der Waals surface area contributed by atoms with Gasteiger partial charge in [-0.1, -0.05) is 58.4 Å². The van der Waals surface area contributed by atoms with Crippen molar-refractivity contribution < 1.29 is 19.4 Å². The maximum atomic E-state index is 12.4. The summed E-state index contributed by atoms with van der Waals surface area (Å²) in [5, 5.41) is 9.22. The largest absolute Gasteiger partial charge is 0.465 e. The lowest BCUT2D eigenvalue weighted by Gasteiger charge is -2.37. The van der Waals surface area contributed by atoms with Crippen LogP contribution in [-0.2, 0) is 14.3 Å². The molecule has 0 aromatic rings. The number of aliphatic hydroxyl groups excluding tert-OH is 1. The molecule has 4 heteroatoms. The van der Waals surface area contributed by atoms with Crippen molar-refractivity contribution in [2.75, 3.05) is 13.2 Å². The molecule has 2 aliphatic carbocycles. The Morgan fingerprint density at radius 2 is 1.52 bits per heavy atom. The second-order valence-corrected chi connectivity index (χ2v) is 9.97. The molecule has 0 aromatic heterocycles. The Bertz CT molecular complexity index is 476. The average Bonchev–Trinajstić information content (AvgIpc) is 2.81. The molecule has 0 heterocycles. The van der Waals surface area contributed by atoms with Crippen molar-refractivity contribution >= 4 is 5.97 Å². The van der Waals surface area contributed by atoms with Gasteiger partial charge in [-0.3, -0.25) is 4.79 Å². The maximum Gasteiger partial charge on any atom is 0.308 e. The molecule has 2 rings (SSSR count). The lowest BCUT2D eigenvalue weighted by Crippen LogP contribution is -2.29. The molecular formula is C27H48O4. The smallest absolute Gasteiger partial charge is 0.308 e. The van der Waals surface area contributed by atoms with Gasteiger partial charge in [-0.2, -0.15) is 0 Å². The van der Waals surface area contributed by atoms with Crippen LogP contribution < -0.4 is 0 Å². The minimum absolute atomic E-state index is 0.0375. The number of aliphatic hydroxyl groups is 1. The van der Waals surface area contributed by atoms with Crippen molar-refractivity contribution in [3.05, 3.63) is 12.7 Å². The standard InChI is InChI=1S/C27H48O4/c1-3-5-8-11-22-12-14-23(15-13-22)24-16-18-25(19-17-24)27(29)31-21-10-7-6-9-20-30-26(28)4-2/h4,22-26,28H,2-3,5-21H2,1H3. The summed E-state index contributed by atoms with van der Waals surface area (Å²) in [7, 11) is 0. The molecule has 2 saturated carbocycles. The average molecular weight is 437 g/mol. The predicted octanol–water partition coefficient (Wildman–Crippen LogP) is 6.80. The molecule has 0 aromatic carbocycles. The fourth-order valence-corrected chi connectivity index (χ4v) is 5.58. The van der Waals surface area contributed by atoms with E-state index in [9.17, 15) is 9.90 Å². The molecule has 4 nitrogen and oxygen atoms in total. The third-order valence-electron chi connectivity index (χ3n) is 7.65. The first-order chi connectivity index (χ1) is 15.1. The van der Waals surface area contributed by atoms with Gasteiger partial charge in [0.05, 0.1) is 19.1 Å². The normalized spacial score (nSPS) is 27.5. The van der Waals surface area contributed by atoms with E-state index in [1.807, 2.05) is 0 Å². The number of esters is 1. The number of rotatable bonds is 15. The van der Waals surface area contributed by atoms with E-state index < -0.39 is 6.29 Å². The molecule has 0 aliphatic heterocycles. The highest BCUT2D eigenvalue weighted by atomic mass is 16.6. The molecule has 31 heavy (non-hydrogen) atoms. The first-order valence-electron chi connectivity index (χ1n) is 13.2. The van der Waals surface area contributed by atoms with Gasteiger partial charge < -0.3 is 14.6 Å². The van der Waals surface area contributed by atoms with Crippen LogP contribution in [0.25, 0.3) is 0 Å². The molecule has 0 saturated heterocycles. The van der Waals surface area contributed by atoms with Crippen LogP contribution in [0, 0.1) is 23.7 Å². The summed E-state index contributed by atoms with van der Waals surface area (Å²) in [5.41, 5.74) is 0. The number of carbonyl (C=O) groups is 1. The van der Waals surface area contributed by atoms with Crippen molar-refractivity contribution in [1.29, 1.82) is 0 Å². The highest BCUT2D eigenvalue weighted by Gasteiger charge is 2.33. The van der Waals surface area contributed by atoms with E-state index in [2.05, 4.69) is 13.5 Å². The molecule has 0 radical (unpaired) electrons. The van der Waals surface area contributed by atoms with Gasteiger partial charge in [-0.15, -0.1) is 0 Å². The number of ether oxygens (including phenoxy) is 2. The number of unbranched alkanes of at least 4 members (excludes halogenated alkanes) is 5. The van der Waals surface area contributed by atoms with Crippen LogP contribution in [0.1, 0.15) is 110 Å². The van der Waals surface area contributed by atoms with Gasteiger partial charge in [0.25, 0.3) is 0 Å². The molecule has 180 valence electrons. The number of carbonyl (C=O) groups excluding carboxylic acids is 1. The van der Waals surface area contributed by atoms with Gasteiger partial charge in [0.2, 0.25) is 0 Å². The third-order valence-corrected chi connectivity index (χ3v) is 7.65. The van der Waals surface area contributed by atoms with E-state index >= 15 is 0 Å². The molecule has 2 fully saturated rings. The highest BCUT2D eigenvalue weighted by molar-refractivity contribution is 5.72. The fourth-order valence-electron chi connectivity index (χ4n) is 5.58. The van der Waals surface area contributed by atoms with Gasteiger partial charge in [-0.05, 0) is 81.6 Å². The van der Waals surface area contributed by atoms with Crippen molar-refractivity contribution in [2.24, 2.45) is 23.7 Å². The van der Waals surface area contributed by atoms with E-state index in [0.29, 0.717) is 13.2 Å². The molecule has 1 atom stereocenters. The van der Waals surface area contributed by atoms with Crippen molar-refractivity contribution in [1.82, 2.24) is 0 Å². The Morgan fingerprint density at radius 3 is 2.13 bits per heavy atom. The van der Waals surface area contributed by atoms with E-state index in [-0.39, 0.29) is 11.9 Å². The zero-order valence-electron chi connectivity index (χ0n) is 20.1. The zero-order valence-corrected chi connectivity index (χ0v) is 20.1. The van der Waals surface area contributed by atoms with Gasteiger partial charge in [0.1, 0.15) is 0 Å². The molecule has 2 aliphatic rings. The van der Waals surface area contributed by atoms with E-state index in [0.717, 1.165) is 56.3 Å². The maximum absolute atomic E-state index is 12.4. The lowest BCUT2D eigenvalue weighted by molar-refractivity contribution is -0.150. The monoisotopic (exact) mass is 436 g/mol. The van der Waals surface area contributed by atoms with Crippen LogP contribution in [0.3, 0.4) is 0 Å². The van der Waals surface area contributed by atoms with Gasteiger partial charge in [-0.25, -0.2) is 0 Å². The Morgan fingerprint density at radius 1 is 0.903 bits per heavy atom. The molecule has 1 unspecified atom stereocenters. The fraction of sp³-hybridized carbons (Fsp3) is 0.889. The second-order valence-electron chi connectivity index (χ2n) is 9.97. The van der Waals surface area contributed by atoms with Crippen LogP contribution >= 0.6 is 0 Å². The molecule has 0 spiro atoms. The summed E-state index contributed by atoms with van der Waals surface area (Å²) < 4.78 is 10.7. The zero-order chi connectivity index (χ0) is 22.3. The summed E-state index contributed by atoms with van der Waals surface area (Å²) in [5.74, 6) is 2.92. The van der Waals surface area contributed by atoms with Crippen LogP contribution in [-0.4, -0.2) is 30.6 Å². The Kier molecular flexibility index (Phi) is 13.5. The number of hydrogen-bond acceptors (Lipinski definition) is 4. The van der Waals surface area contributed by atoms with Crippen molar-refractivity contribution in [3.8, 4) is 0 Å². The second kappa shape index (κ2) is 15.9. The van der Waals surface area contributed by atoms with Crippen molar-refractivity contribution in [2.45, 2.75) is 116 Å². The quantitative estimate of drug-likeness (QED) is 0.133. The Labute approximate surface area is 191 Å². The molecular weight excluding hydrogens is 388 g/mol. The number of hydrogen-bond donors (Lipinski definition) is 1. The summed E-state index contributed by atoms with van der Waals surface area (Å²) in [6.45, 7) is 6.84. The minimum Gasteiger partial charge on any atom is -0.465 e. The van der Waals surface area contributed by atoms with Gasteiger partial charge in [0.15, 0.2) is 6.29 Å². The third kappa shape index (κ3) is 10.5. The summed E-state index contributed by atoms with van der Waals surface area (Å²) in [4.78, 5) is 12.4. The van der Waals surface area contributed by atoms with Gasteiger partial charge >= 0.3 is 5.97 Å². The Balaban J connectivity index is 1.48. The summed E-state index contributed by atoms with van der Waals surface area (Å²) >= 11 is 0. The summed E-state index contributed by atoms with van der Waals surface area (Å²) in [6.07, 6.45) is 20.2. The first kappa shape index (κ1) is 26.4. The molecule has 0 bridgehead atoms.